The Kier molecular flexibility index (Phi) is 5.93. The summed E-state index contributed by atoms with van der Waals surface area (Å²) in [5.41, 5.74) is 6.04. The van der Waals surface area contributed by atoms with Crippen LogP contribution in [0.15, 0.2) is 11.4 Å². The molecule has 1 amide bonds. The average molecular weight is 261 g/mol. The molecule has 1 rings (SSSR count). The zero-order valence-corrected chi connectivity index (χ0v) is 11.1. The highest BCUT2D eigenvalue weighted by Gasteiger charge is 2.17. The summed E-state index contributed by atoms with van der Waals surface area (Å²) in [5, 5.41) is 10.4. The molecule has 0 aromatic carbocycles. The van der Waals surface area contributed by atoms with Gasteiger partial charge in [-0.2, -0.15) is 5.26 Å². The summed E-state index contributed by atoms with van der Waals surface area (Å²) < 4.78 is 0. The highest BCUT2D eigenvalue weighted by atomic mass is 32.1. The third-order valence-electron chi connectivity index (χ3n) is 2.35. The van der Waals surface area contributed by atoms with Gasteiger partial charge < -0.3 is 10.6 Å². The molecule has 0 saturated carbocycles. The van der Waals surface area contributed by atoms with Crippen LogP contribution < -0.4 is 5.73 Å². The maximum atomic E-state index is 12.3. The van der Waals surface area contributed by atoms with Crippen molar-refractivity contribution >= 4 is 17.2 Å². The molecular weight excluding hydrogens is 246 g/mol. The molecule has 0 radical (unpaired) electrons. The van der Waals surface area contributed by atoms with Crippen LogP contribution in [0, 0.1) is 23.2 Å². The van der Waals surface area contributed by atoms with Gasteiger partial charge in [0.25, 0.3) is 5.91 Å². The zero-order valence-electron chi connectivity index (χ0n) is 10.3. The van der Waals surface area contributed by atoms with E-state index in [0.717, 1.165) is 0 Å². The van der Waals surface area contributed by atoms with Gasteiger partial charge in [0.05, 0.1) is 19.0 Å². The van der Waals surface area contributed by atoms with E-state index < -0.39 is 0 Å². The van der Waals surface area contributed by atoms with Gasteiger partial charge in [0.2, 0.25) is 0 Å². The normalized spacial score (nSPS) is 9.17. The molecule has 5 heteroatoms. The summed E-state index contributed by atoms with van der Waals surface area (Å²) in [6.07, 6.45) is 0.342. The molecule has 2 N–H and O–H groups in total. The van der Waals surface area contributed by atoms with Crippen molar-refractivity contribution in [2.24, 2.45) is 5.73 Å². The van der Waals surface area contributed by atoms with Crippen LogP contribution in [0.2, 0.25) is 0 Å². The molecule has 0 atom stereocenters. The number of hydrogen-bond acceptors (Lipinski definition) is 4. The van der Waals surface area contributed by atoms with E-state index in [0.29, 0.717) is 30.0 Å². The maximum Gasteiger partial charge on any atom is 0.265 e. The number of thiophene rings is 1. The Bertz CT molecular complexity index is 504. The van der Waals surface area contributed by atoms with E-state index in [1.165, 1.54) is 11.3 Å². The Labute approximate surface area is 111 Å². The lowest BCUT2D eigenvalue weighted by molar-refractivity contribution is 0.0772. The number of hydrogen-bond donors (Lipinski definition) is 1. The fourth-order valence-corrected chi connectivity index (χ4v) is 2.27. The maximum absolute atomic E-state index is 12.3. The van der Waals surface area contributed by atoms with Crippen molar-refractivity contribution in [1.29, 1.82) is 5.26 Å². The number of nitrogens with zero attached hydrogens (tertiary/aromatic N) is 2. The van der Waals surface area contributed by atoms with Crippen LogP contribution in [0.25, 0.3) is 0 Å². The molecule has 4 nitrogen and oxygen atoms in total. The van der Waals surface area contributed by atoms with E-state index in [-0.39, 0.29) is 12.5 Å². The van der Waals surface area contributed by atoms with Gasteiger partial charge in [-0.15, -0.1) is 11.3 Å². The molecule has 94 valence electrons. The quantitative estimate of drug-likeness (QED) is 0.834. The molecular formula is C13H15N3OS. The topological polar surface area (TPSA) is 70.1 Å². The molecule has 1 aromatic heterocycles. The summed E-state index contributed by atoms with van der Waals surface area (Å²) in [6.45, 7) is 3.21. The number of rotatable bonds is 4. The summed E-state index contributed by atoms with van der Waals surface area (Å²) in [4.78, 5) is 14.5. The predicted molar refractivity (Wildman–Crippen MR) is 72.1 cm³/mol. The first-order chi connectivity index (χ1) is 8.74. The average Bonchev–Trinajstić information content (AvgIpc) is 2.85. The molecule has 18 heavy (non-hydrogen) atoms. The fourth-order valence-electron chi connectivity index (χ4n) is 1.45. The molecule has 0 unspecified atom stereocenters. The van der Waals surface area contributed by atoms with Gasteiger partial charge in [-0.25, -0.2) is 0 Å². The number of nitriles is 1. The second-order valence-electron chi connectivity index (χ2n) is 3.46. The Morgan fingerprint density at radius 2 is 2.39 bits per heavy atom. The van der Waals surface area contributed by atoms with Crippen molar-refractivity contribution < 1.29 is 4.79 Å². The predicted octanol–water partition coefficient (Wildman–Crippen LogP) is 1.43. The van der Waals surface area contributed by atoms with Gasteiger partial charge in [-0.3, -0.25) is 4.79 Å². The summed E-state index contributed by atoms with van der Waals surface area (Å²) in [5.74, 6) is 5.57. The van der Waals surface area contributed by atoms with E-state index in [4.69, 9.17) is 11.0 Å². The standard InChI is InChI=1S/C13H15N3OS/c1-2-16(9-4-8-15)13(17)12-11(5-3-7-14)6-10-18-12/h6,10H,2,4,7,9,14H2,1H3. The highest BCUT2D eigenvalue weighted by Crippen LogP contribution is 2.18. The van der Waals surface area contributed by atoms with Crippen molar-refractivity contribution in [1.82, 2.24) is 4.90 Å². The van der Waals surface area contributed by atoms with E-state index in [1.807, 2.05) is 24.4 Å². The Morgan fingerprint density at radius 3 is 3.00 bits per heavy atom. The van der Waals surface area contributed by atoms with Crippen LogP contribution in [0.5, 0.6) is 0 Å². The Hall–Kier alpha value is -1.82. The molecule has 1 heterocycles. The van der Waals surface area contributed by atoms with Crippen LogP contribution >= 0.6 is 11.3 Å². The Morgan fingerprint density at radius 1 is 1.61 bits per heavy atom. The van der Waals surface area contributed by atoms with Gasteiger partial charge in [0.15, 0.2) is 0 Å². The molecule has 0 aliphatic carbocycles. The first-order valence-corrected chi connectivity index (χ1v) is 6.55. The van der Waals surface area contributed by atoms with E-state index in [2.05, 4.69) is 11.8 Å². The summed E-state index contributed by atoms with van der Waals surface area (Å²) in [6, 6.07) is 3.86. The molecule has 0 aliphatic heterocycles. The van der Waals surface area contributed by atoms with Gasteiger partial charge in [0.1, 0.15) is 4.88 Å². The fraction of sp³-hybridized carbons (Fsp3) is 0.385. The molecule has 0 fully saturated rings. The monoisotopic (exact) mass is 261 g/mol. The number of carbonyl (C=O) groups excluding carboxylic acids is 1. The third kappa shape index (κ3) is 3.59. The molecule has 1 aromatic rings. The molecule has 0 aliphatic rings. The number of amides is 1. The van der Waals surface area contributed by atoms with Crippen molar-refractivity contribution in [3.8, 4) is 17.9 Å². The third-order valence-corrected chi connectivity index (χ3v) is 3.25. The first kappa shape index (κ1) is 14.2. The van der Waals surface area contributed by atoms with Crippen LogP contribution in [0.4, 0.5) is 0 Å². The van der Waals surface area contributed by atoms with Crippen LogP contribution in [-0.2, 0) is 0 Å². The second-order valence-corrected chi connectivity index (χ2v) is 4.38. The lowest BCUT2D eigenvalue weighted by Crippen LogP contribution is -2.31. The van der Waals surface area contributed by atoms with Gasteiger partial charge >= 0.3 is 0 Å². The molecule has 0 bridgehead atoms. The summed E-state index contributed by atoms with van der Waals surface area (Å²) >= 11 is 1.37. The first-order valence-electron chi connectivity index (χ1n) is 5.67. The summed E-state index contributed by atoms with van der Waals surface area (Å²) in [7, 11) is 0. The van der Waals surface area contributed by atoms with Crippen LogP contribution in [0.1, 0.15) is 28.6 Å². The van der Waals surface area contributed by atoms with Crippen molar-refractivity contribution in [2.45, 2.75) is 13.3 Å². The van der Waals surface area contributed by atoms with Gasteiger partial charge in [-0.05, 0) is 18.4 Å². The minimum Gasteiger partial charge on any atom is -0.337 e. The SMILES string of the molecule is CCN(CCC#N)C(=O)c1sccc1C#CCN. The second kappa shape index (κ2) is 7.50. The van der Waals surface area contributed by atoms with Crippen molar-refractivity contribution in [3.05, 3.63) is 21.9 Å². The lowest BCUT2D eigenvalue weighted by atomic mass is 10.2. The number of nitrogens with two attached hydrogens (primary N) is 1. The highest BCUT2D eigenvalue weighted by molar-refractivity contribution is 7.12. The molecule has 0 spiro atoms. The Balaban J connectivity index is 2.89. The van der Waals surface area contributed by atoms with E-state index in [1.54, 1.807) is 4.90 Å². The number of carbonyl (C=O) groups is 1. The van der Waals surface area contributed by atoms with Gasteiger partial charge in [0, 0.05) is 18.7 Å². The van der Waals surface area contributed by atoms with Gasteiger partial charge in [-0.1, -0.05) is 11.8 Å². The van der Waals surface area contributed by atoms with Crippen LogP contribution in [0.3, 0.4) is 0 Å². The van der Waals surface area contributed by atoms with E-state index >= 15 is 0 Å². The lowest BCUT2D eigenvalue weighted by Gasteiger charge is -2.18. The van der Waals surface area contributed by atoms with Crippen LogP contribution in [-0.4, -0.2) is 30.4 Å². The molecule has 0 saturated heterocycles. The minimum atomic E-state index is -0.0657. The minimum absolute atomic E-state index is 0.0657. The van der Waals surface area contributed by atoms with E-state index in [9.17, 15) is 4.79 Å². The smallest absolute Gasteiger partial charge is 0.265 e. The largest absolute Gasteiger partial charge is 0.337 e. The van der Waals surface area contributed by atoms with Crippen molar-refractivity contribution in [2.75, 3.05) is 19.6 Å². The van der Waals surface area contributed by atoms with Crippen molar-refractivity contribution in [3.63, 3.8) is 0 Å². The zero-order chi connectivity index (χ0) is 13.4.